The predicted octanol–water partition coefficient (Wildman–Crippen LogP) is 0.999. The monoisotopic (exact) mass is 286 g/mol. The molecule has 0 spiro atoms. The summed E-state index contributed by atoms with van der Waals surface area (Å²) in [5, 5.41) is 1.90. The minimum absolute atomic E-state index is 0.0614. The Balaban J connectivity index is 1.83. The molecule has 1 unspecified atom stereocenters. The smallest absolute Gasteiger partial charge is 0.307 e. The fourth-order valence-corrected chi connectivity index (χ4v) is 2.73. The molecule has 1 saturated heterocycles. The highest BCUT2D eigenvalue weighted by Gasteiger charge is 2.37. The lowest BCUT2D eigenvalue weighted by atomic mass is 10.3. The molecule has 1 N–H and O–H groups in total. The summed E-state index contributed by atoms with van der Waals surface area (Å²) in [6, 6.07) is 9.44. The van der Waals surface area contributed by atoms with E-state index in [9.17, 15) is 17.1 Å². The number of nitrogens with one attached hydrogen (secondary N) is 1. The molecule has 0 radical (unpaired) electrons. The van der Waals surface area contributed by atoms with Crippen LogP contribution in [0.4, 0.5) is 9.57 Å². The number of carbonyl (C=O) groups excluding carboxylic acids is 1. The molecule has 1 heterocycles. The fraction of sp³-hybridized carbons (Fsp3) is 0.417. The summed E-state index contributed by atoms with van der Waals surface area (Å²) in [4.78, 5) is 12.9. The maximum absolute atomic E-state index is 12.8. The zero-order chi connectivity index (χ0) is 13.9. The number of para-hydroxylation sites is 1. The van der Waals surface area contributed by atoms with Crippen LogP contribution in [0.25, 0.3) is 0 Å². The normalized spacial score (nSPS) is 19.7. The van der Waals surface area contributed by atoms with Gasteiger partial charge in [-0.05, 0) is 12.1 Å². The number of nitrogens with zero attached hydrogens (tertiary/aromatic N) is 1. The van der Waals surface area contributed by atoms with Crippen molar-refractivity contribution in [2.75, 3.05) is 25.0 Å². The van der Waals surface area contributed by atoms with Crippen molar-refractivity contribution >= 4 is 21.8 Å². The molecule has 0 bridgehead atoms. The second-order valence-electron chi connectivity index (χ2n) is 4.43. The zero-order valence-electron chi connectivity index (χ0n) is 10.3. The first-order valence-corrected chi connectivity index (χ1v) is 7.41. The maximum atomic E-state index is 12.8. The van der Waals surface area contributed by atoms with Gasteiger partial charge in [0.15, 0.2) is 0 Å². The Morgan fingerprint density at radius 2 is 2.00 bits per heavy atom. The van der Waals surface area contributed by atoms with Crippen molar-refractivity contribution < 1.29 is 17.1 Å². The second kappa shape index (κ2) is 5.56. The van der Waals surface area contributed by atoms with E-state index >= 15 is 0 Å². The summed E-state index contributed by atoms with van der Waals surface area (Å²) in [7, 11) is -4.63. The molecule has 1 aliphatic heterocycles. The summed E-state index contributed by atoms with van der Waals surface area (Å²) >= 11 is 0. The molecule has 19 heavy (non-hydrogen) atoms. The molecule has 1 aliphatic rings. The Morgan fingerprint density at radius 1 is 1.32 bits per heavy atom. The van der Waals surface area contributed by atoms with Gasteiger partial charge < -0.3 is 10.2 Å². The van der Waals surface area contributed by atoms with Crippen LogP contribution in [-0.2, 0) is 15.0 Å². The van der Waals surface area contributed by atoms with E-state index in [0.29, 0.717) is 13.1 Å². The quantitative estimate of drug-likeness (QED) is 0.820. The van der Waals surface area contributed by atoms with Gasteiger partial charge in [0.05, 0.1) is 0 Å². The Labute approximate surface area is 111 Å². The molecule has 0 saturated carbocycles. The number of halogens is 1. The molecule has 104 valence electrons. The van der Waals surface area contributed by atoms with Gasteiger partial charge in [0.1, 0.15) is 5.25 Å². The highest BCUT2D eigenvalue weighted by Crippen LogP contribution is 2.19. The number of anilines is 1. The van der Waals surface area contributed by atoms with Gasteiger partial charge in [-0.25, -0.2) is 0 Å². The first kappa shape index (κ1) is 13.8. The molecular weight excluding hydrogens is 271 g/mol. The minimum Gasteiger partial charge on any atom is -0.383 e. The Hall–Kier alpha value is -1.63. The van der Waals surface area contributed by atoms with Gasteiger partial charge in [-0.1, -0.05) is 18.2 Å². The highest BCUT2D eigenvalue weighted by atomic mass is 32.3. The number of rotatable bonds is 5. The van der Waals surface area contributed by atoms with E-state index in [-0.39, 0.29) is 18.9 Å². The highest BCUT2D eigenvalue weighted by molar-refractivity contribution is 7.87. The van der Waals surface area contributed by atoms with Crippen LogP contribution in [-0.4, -0.2) is 44.1 Å². The van der Waals surface area contributed by atoms with Gasteiger partial charge in [0.25, 0.3) is 0 Å². The van der Waals surface area contributed by atoms with E-state index in [1.54, 1.807) is 0 Å². The van der Waals surface area contributed by atoms with E-state index in [4.69, 9.17) is 0 Å². The molecule has 1 fully saturated rings. The largest absolute Gasteiger partial charge is 0.383 e. The molecule has 1 atom stereocenters. The van der Waals surface area contributed by atoms with Crippen molar-refractivity contribution in [3.05, 3.63) is 30.3 Å². The van der Waals surface area contributed by atoms with Crippen LogP contribution >= 0.6 is 0 Å². The van der Waals surface area contributed by atoms with Crippen molar-refractivity contribution in [2.24, 2.45) is 0 Å². The Morgan fingerprint density at radius 3 is 2.58 bits per heavy atom. The number of hydrogen-bond acceptors (Lipinski definition) is 4. The van der Waals surface area contributed by atoms with Gasteiger partial charge >= 0.3 is 10.2 Å². The standard InChI is InChI=1S/C12H15FN2O3S/c13-19(17,18)11-8-12(16)15(9-11)7-6-14-10-4-2-1-3-5-10/h1-5,11,14H,6-9H2. The molecule has 0 aliphatic carbocycles. The molecule has 1 amide bonds. The van der Waals surface area contributed by atoms with Crippen LogP contribution in [0.15, 0.2) is 30.3 Å². The number of hydrogen-bond donors (Lipinski definition) is 1. The van der Waals surface area contributed by atoms with Gasteiger partial charge in [-0.15, -0.1) is 3.89 Å². The summed E-state index contributed by atoms with van der Waals surface area (Å²) in [5.41, 5.74) is 0.920. The zero-order valence-corrected chi connectivity index (χ0v) is 11.1. The third-order valence-corrected chi connectivity index (χ3v) is 4.17. The number of benzene rings is 1. The van der Waals surface area contributed by atoms with Gasteiger partial charge in [-0.2, -0.15) is 8.42 Å². The van der Waals surface area contributed by atoms with E-state index in [1.807, 2.05) is 30.3 Å². The van der Waals surface area contributed by atoms with Crippen molar-refractivity contribution in [3.63, 3.8) is 0 Å². The van der Waals surface area contributed by atoms with E-state index in [0.717, 1.165) is 5.69 Å². The lowest BCUT2D eigenvalue weighted by Gasteiger charge is -2.16. The van der Waals surface area contributed by atoms with Gasteiger partial charge in [0.2, 0.25) is 5.91 Å². The Kier molecular flexibility index (Phi) is 4.04. The maximum Gasteiger partial charge on any atom is 0.307 e. The fourth-order valence-electron chi connectivity index (χ4n) is 2.03. The molecule has 0 aromatic heterocycles. The first-order valence-electron chi connectivity index (χ1n) is 5.97. The van der Waals surface area contributed by atoms with Crippen molar-refractivity contribution in [2.45, 2.75) is 11.7 Å². The molecule has 5 nitrogen and oxygen atoms in total. The SMILES string of the molecule is O=C1CC(S(=O)(=O)F)CN1CCNc1ccccc1. The molecular formula is C12H15FN2O3S. The third-order valence-electron chi connectivity index (χ3n) is 3.06. The number of carbonyl (C=O) groups is 1. The molecule has 2 rings (SSSR count). The van der Waals surface area contributed by atoms with Crippen LogP contribution < -0.4 is 5.32 Å². The second-order valence-corrected chi connectivity index (χ2v) is 6.05. The van der Waals surface area contributed by atoms with Crippen molar-refractivity contribution in [1.29, 1.82) is 0 Å². The van der Waals surface area contributed by atoms with Gasteiger partial charge in [-0.3, -0.25) is 4.79 Å². The van der Waals surface area contributed by atoms with Crippen LogP contribution in [0.5, 0.6) is 0 Å². The lowest BCUT2D eigenvalue weighted by Crippen LogP contribution is -2.31. The topological polar surface area (TPSA) is 66.5 Å². The number of likely N-dealkylation sites (tertiary alicyclic amines) is 1. The average Bonchev–Trinajstić information content (AvgIpc) is 2.72. The van der Waals surface area contributed by atoms with Crippen molar-refractivity contribution in [1.82, 2.24) is 4.90 Å². The predicted molar refractivity (Wildman–Crippen MR) is 69.9 cm³/mol. The van der Waals surface area contributed by atoms with E-state index in [2.05, 4.69) is 5.32 Å². The van der Waals surface area contributed by atoms with Crippen LogP contribution in [0, 0.1) is 0 Å². The van der Waals surface area contributed by atoms with Crippen molar-refractivity contribution in [3.8, 4) is 0 Å². The molecule has 1 aromatic carbocycles. The summed E-state index contributed by atoms with van der Waals surface area (Å²) < 4.78 is 34.3. The van der Waals surface area contributed by atoms with E-state index in [1.165, 1.54) is 4.90 Å². The number of amides is 1. The van der Waals surface area contributed by atoms with E-state index < -0.39 is 15.5 Å². The molecule has 1 aromatic rings. The van der Waals surface area contributed by atoms with Crippen LogP contribution in [0.1, 0.15) is 6.42 Å². The van der Waals surface area contributed by atoms with Gasteiger partial charge in [0, 0.05) is 31.7 Å². The summed E-state index contributed by atoms with van der Waals surface area (Å²) in [6.45, 7) is 0.794. The third kappa shape index (κ3) is 3.66. The Bertz CT molecular complexity index is 547. The summed E-state index contributed by atoms with van der Waals surface area (Å²) in [5.74, 6) is -0.318. The lowest BCUT2D eigenvalue weighted by molar-refractivity contribution is -0.127. The molecule has 7 heteroatoms. The van der Waals surface area contributed by atoms with Crippen LogP contribution in [0.3, 0.4) is 0 Å². The summed E-state index contributed by atoms with van der Waals surface area (Å²) in [6.07, 6.45) is -0.260. The average molecular weight is 286 g/mol. The van der Waals surface area contributed by atoms with Crippen LogP contribution in [0.2, 0.25) is 0 Å². The minimum atomic E-state index is -4.63. The first-order chi connectivity index (χ1) is 8.97.